The summed E-state index contributed by atoms with van der Waals surface area (Å²) in [5, 5.41) is 10.0. The average molecular weight is 403 g/mol. The molecule has 2 rings (SSSR count). The summed E-state index contributed by atoms with van der Waals surface area (Å²) in [6.07, 6.45) is 12.6. The van der Waals surface area contributed by atoms with Gasteiger partial charge in [0.05, 0.1) is 0 Å². The van der Waals surface area contributed by atoms with E-state index in [1.54, 1.807) is 6.07 Å². The summed E-state index contributed by atoms with van der Waals surface area (Å²) in [4.78, 5) is 24.1. The van der Waals surface area contributed by atoms with E-state index in [0.717, 1.165) is 12.8 Å². The molecule has 5 heteroatoms. The second-order valence-corrected chi connectivity index (χ2v) is 8.00. The number of unbranched alkanes of at least 4 members (excludes halogenated alkanes) is 7. The Morgan fingerprint density at radius 1 is 1.03 bits per heavy atom. The zero-order valence-electron chi connectivity index (χ0n) is 17.7. The maximum atomic E-state index is 12.1. The lowest BCUT2D eigenvalue weighted by molar-refractivity contribution is -0.134. The average Bonchev–Trinajstić information content (AvgIpc) is 2.69. The number of hydrogen-bond acceptors (Lipinski definition) is 5. The number of hydrogen-bond donors (Lipinski definition) is 1. The number of esters is 1. The monoisotopic (exact) mass is 402 g/mol. The molecular weight excluding hydrogens is 368 g/mol. The molecule has 0 bridgehead atoms. The molecule has 0 radical (unpaired) electrons. The Bertz CT molecular complexity index is 824. The molecule has 1 atom stereocenters. The highest BCUT2D eigenvalue weighted by molar-refractivity contribution is 5.80. The van der Waals surface area contributed by atoms with Gasteiger partial charge in [0, 0.05) is 17.9 Å². The first-order valence-corrected chi connectivity index (χ1v) is 11.0. The van der Waals surface area contributed by atoms with E-state index in [1.165, 1.54) is 69.6 Å². The molecule has 1 heterocycles. The Kier molecular flexibility index (Phi) is 9.75. The van der Waals surface area contributed by atoms with Crippen molar-refractivity contribution in [2.45, 2.75) is 84.5 Å². The van der Waals surface area contributed by atoms with Crippen LogP contribution in [0.1, 0.15) is 84.5 Å². The van der Waals surface area contributed by atoms with Crippen molar-refractivity contribution >= 4 is 16.9 Å². The molecular formula is C24H34O5. The first-order valence-electron chi connectivity index (χ1n) is 11.0. The van der Waals surface area contributed by atoms with Crippen molar-refractivity contribution in [2.24, 2.45) is 5.92 Å². The molecule has 1 unspecified atom stereocenters. The van der Waals surface area contributed by atoms with Crippen molar-refractivity contribution < 1.29 is 19.1 Å². The fraction of sp³-hybridized carbons (Fsp3) is 0.583. The molecule has 0 aliphatic heterocycles. The van der Waals surface area contributed by atoms with Crippen LogP contribution in [0.3, 0.4) is 0 Å². The third-order valence-electron chi connectivity index (χ3n) is 5.30. The smallest absolute Gasteiger partial charge is 0.379 e. The number of ether oxygens (including phenoxy) is 1. The van der Waals surface area contributed by atoms with Crippen LogP contribution >= 0.6 is 0 Å². The van der Waals surface area contributed by atoms with E-state index in [1.807, 2.05) is 0 Å². The molecule has 1 aromatic carbocycles. The third kappa shape index (κ3) is 8.30. The van der Waals surface area contributed by atoms with Crippen molar-refractivity contribution in [3.8, 4) is 11.5 Å². The van der Waals surface area contributed by atoms with Crippen molar-refractivity contribution in [3.05, 3.63) is 34.7 Å². The van der Waals surface area contributed by atoms with Crippen LogP contribution in [0.5, 0.6) is 11.5 Å². The fourth-order valence-corrected chi connectivity index (χ4v) is 3.46. The molecule has 0 aliphatic rings. The Labute approximate surface area is 173 Å². The fourth-order valence-electron chi connectivity index (χ4n) is 3.46. The molecule has 1 N–H and O–H groups in total. The minimum Gasteiger partial charge on any atom is -0.508 e. The second kappa shape index (κ2) is 12.3. The maximum Gasteiger partial charge on any atom is 0.379 e. The van der Waals surface area contributed by atoms with Crippen molar-refractivity contribution in [1.82, 2.24) is 0 Å². The number of benzene rings is 1. The summed E-state index contributed by atoms with van der Waals surface area (Å²) in [6.45, 7) is 4.39. The standard InChI is InChI=1S/C24H34O5/c1-3-4-5-6-7-8-9-10-11-18(2)12-15-23(26)28-22-16-19-13-14-20(25)17-21(19)29-24(22)27/h13-14,16-18,25H,3-12,15H2,1-2H3. The minimum absolute atomic E-state index is 0.0101. The second-order valence-electron chi connectivity index (χ2n) is 8.00. The van der Waals surface area contributed by atoms with Gasteiger partial charge in [-0.2, -0.15) is 0 Å². The number of carbonyl (C=O) groups is 1. The summed E-state index contributed by atoms with van der Waals surface area (Å²) in [5.74, 6) is -0.0587. The van der Waals surface area contributed by atoms with Crippen molar-refractivity contribution in [2.75, 3.05) is 0 Å². The molecule has 29 heavy (non-hydrogen) atoms. The van der Waals surface area contributed by atoms with Crippen LogP contribution in [-0.4, -0.2) is 11.1 Å². The van der Waals surface area contributed by atoms with Crippen molar-refractivity contribution in [1.29, 1.82) is 0 Å². The summed E-state index contributed by atoms with van der Waals surface area (Å²) >= 11 is 0. The van der Waals surface area contributed by atoms with Crippen LogP contribution in [0.4, 0.5) is 0 Å². The van der Waals surface area contributed by atoms with E-state index in [9.17, 15) is 14.7 Å². The zero-order valence-corrected chi connectivity index (χ0v) is 17.7. The van der Waals surface area contributed by atoms with Gasteiger partial charge in [-0.3, -0.25) is 4.79 Å². The van der Waals surface area contributed by atoms with Gasteiger partial charge in [-0.25, -0.2) is 4.79 Å². The third-order valence-corrected chi connectivity index (χ3v) is 5.30. The van der Waals surface area contributed by atoms with Crippen LogP contribution < -0.4 is 10.4 Å². The maximum absolute atomic E-state index is 12.1. The van der Waals surface area contributed by atoms with Gasteiger partial charge in [-0.15, -0.1) is 0 Å². The Morgan fingerprint density at radius 2 is 1.72 bits per heavy atom. The topological polar surface area (TPSA) is 76.7 Å². The van der Waals surface area contributed by atoms with Gasteiger partial charge in [0.25, 0.3) is 0 Å². The van der Waals surface area contributed by atoms with E-state index in [4.69, 9.17) is 9.15 Å². The van der Waals surface area contributed by atoms with E-state index in [-0.39, 0.29) is 23.5 Å². The number of aromatic hydroxyl groups is 1. The molecule has 0 amide bonds. The molecule has 160 valence electrons. The first-order chi connectivity index (χ1) is 14.0. The minimum atomic E-state index is -0.719. The van der Waals surface area contributed by atoms with Gasteiger partial charge >= 0.3 is 11.6 Å². The molecule has 0 aliphatic carbocycles. The van der Waals surface area contributed by atoms with Crippen LogP contribution in [0, 0.1) is 5.92 Å². The Morgan fingerprint density at radius 3 is 2.45 bits per heavy atom. The summed E-state index contributed by atoms with van der Waals surface area (Å²) < 4.78 is 10.3. The summed E-state index contributed by atoms with van der Waals surface area (Å²) in [5.41, 5.74) is -0.461. The van der Waals surface area contributed by atoms with Gasteiger partial charge in [0.2, 0.25) is 5.75 Å². The lowest BCUT2D eigenvalue weighted by atomic mass is 9.97. The zero-order chi connectivity index (χ0) is 21.1. The normalized spacial score (nSPS) is 12.2. The number of carbonyl (C=O) groups excluding carboxylic acids is 1. The van der Waals surface area contributed by atoms with E-state index in [2.05, 4.69) is 13.8 Å². The Hall–Kier alpha value is -2.30. The van der Waals surface area contributed by atoms with Crippen LogP contribution in [0.2, 0.25) is 0 Å². The molecule has 0 spiro atoms. The molecule has 0 saturated heterocycles. The lowest BCUT2D eigenvalue weighted by Gasteiger charge is -2.11. The van der Waals surface area contributed by atoms with Gasteiger partial charge in [-0.05, 0) is 30.5 Å². The van der Waals surface area contributed by atoms with Crippen LogP contribution in [0.15, 0.2) is 33.5 Å². The van der Waals surface area contributed by atoms with Crippen LogP contribution in [0.25, 0.3) is 11.0 Å². The molecule has 5 nitrogen and oxygen atoms in total. The number of rotatable bonds is 13. The van der Waals surface area contributed by atoms with Gasteiger partial charge in [0.1, 0.15) is 11.3 Å². The van der Waals surface area contributed by atoms with Crippen molar-refractivity contribution in [3.63, 3.8) is 0 Å². The highest BCUT2D eigenvalue weighted by Gasteiger charge is 2.13. The quantitative estimate of drug-likeness (QED) is 0.240. The van der Waals surface area contributed by atoms with E-state index < -0.39 is 11.6 Å². The lowest BCUT2D eigenvalue weighted by Crippen LogP contribution is -2.15. The molecule has 2 aromatic rings. The van der Waals surface area contributed by atoms with Crippen LogP contribution in [-0.2, 0) is 4.79 Å². The predicted octanol–water partition coefficient (Wildman–Crippen LogP) is 6.35. The molecule has 0 saturated carbocycles. The number of phenols is 1. The first kappa shape index (κ1) is 23.0. The van der Waals surface area contributed by atoms with E-state index in [0.29, 0.717) is 11.3 Å². The summed E-state index contributed by atoms with van der Waals surface area (Å²) in [6, 6.07) is 5.93. The van der Waals surface area contributed by atoms with E-state index >= 15 is 0 Å². The SMILES string of the molecule is CCCCCCCCCCC(C)CCC(=O)Oc1cc2ccc(O)cc2oc1=O. The van der Waals surface area contributed by atoms with Gasteiger partial charge in [0.15, 0.2) is 0 Å². The number of phenolic OH excluding ortho intramolecular Hbond substituents is 1. The Balaban J connectivity index is 1.67. The predicted molar refractivity (Wildman–Crippen MR) is 115 cm³/mol. The highest BCUT2D eigenvalue weighted by Crippen LogP contribution is 2.22. The van der Waals surface area contributed by atoms with Gasteiger partial charge in [-0.1, -0.05) is 71.6 Å². The van der Waals surface area contributed by atoms with Gasteiger partial charge < -0.3 is 14.3 Å². The number of fused-ring (bicyclic) bond motifs is 1. The highest BCUT2D eigenvalue weighted by atomic mass is 16.5. The molecule has 0 fully saturated rings. The largest absolute Gasteiger partial charge is 0.508 e. The molecule has 1 aromatic heterocycles. The summed E-state index contributed by atoms with van der Waals surface area (Å²) in [7, 11) is 0.